The first-order valence-electron chi connectivity index (χ1n) is 9.32. The summed E-state index contributed by atoms with van der Waals surface area (Å²) in [5.41, 5.74) is 1.57. The summed E-state index contributed by atoms with van der Waals surface area (Å²) in [6.45, 7) is 1.51. The van der Waals surface area contributed by atoms with Crippen LogP contribution in [0, 0.1) is 0 Å². The van der Waals surface area contributed by atoms with Crippen molar-refractivity contribution in [3.8, 4) is 0 Å². The summed E-state index contributed by atoms with van der Waals surface area (Å²) in [5.74, 6) is 1.52. The summed E-state index contributed by atoms with van der Waals surface area (Å²) < 4.78 is 6.07. The molecule has 4 heterocycles. The molecular formula is C19H21N5O2. The van der Waals surface area contributed by atoms with E-state index in [4.69, 9.17) is 9.72 Å². The molecule has 0 atom stereocenters. The van der Waals surface area contributed by atoms with Crippen LogP contribution in [-0.2, 0) is 16.9 Å². The summed E-state index contributed by atoms with van der Waals surface area (Å²) in [4.78, 5) is 31.7. The van der Waals surface area contributed by atoms with Gasteiger partial charge in [-0.25, -0.2) is 19.9 Å². The Hall–Kier alpha value is -2.41. The fraction of sp³-hybridized carbons (Fsp3) is 0.526. The molecule has 3 aliphatic rings. The van der Waals surface area contributed by atoms with Gasteiger partial charge in [0.2, 0.25) is 5.82 Å². The number of carbonyl (C=O) groups excluding carboxylic acids is 1. The second kappa shape index (κ2) is 6.09. The molecule has 1 amide bonds. The van der Waals surface area contributed by atoms with Gasteiger partial charge < -0.3 is 9.64 Å². The van der Waals surface area contributed by atoms with Crippen LogP contribution in [0.5, 0.6) is 0 Å². The van der Waals surface area contributed by atoms with Crippen molar-refractivity contribution in [2.75, 3.05) is 13.1 Å². The second-order valence-corrected chi connectivity index (χ2v) is 7.44. The van der Waals surface area contributed by atoms with E-state index in [0.29, 0.717) is 25.6 Å². The minimum absolute atomic E-state index is 0.159. The molecule has 2 aromatic rings. The molecule has 0 N–H and O–H groups in total. The average molecular weight is 351 g/mol. The molecule has 2 aliphatic heterocycles. The third-order valence-corrected chi connectivity index (χ3v) is 5.77. The molecule has 1 saturated carbocycles. The number of amides is 1. The van der Waals surface area contributed by atoms with Gasteiger partial charge in [0.15, 0.2) is 0 Å². The molecule has 0 unspecified atom stereocenters. The molecule has 7 heteroatoms. The van der Waals surface area contributed by atoms with E-state index in [1.54, 1.807) is 23.4 Å². The molecule has 7 nitrogen and oxygen atoms in total. The number of aromatic nitrogens is 4. The van der Waals surface area contributed by atoms with Gasteiger partial charge in [0.1, 0.15) is 11.4 Å². The lowest BCUT2D eigenvalue weighted by molar-refractivity contribution is -0.127. The minimum Gasteiger partial charge on any atom is -0.360 e. The number of hydrogen-bond acceptors (Lipinski definition) is 6. The number of ether oxygens (including phenoxy) is 1. The van der Waals surface area contributed by atoms with E-state index >= 15 is 0 Å². The van der Waals surface area contributed by atoms with E-state index in [1.807, 2.05) is 6.20 Å². The summed E-state index contributed by atoms with van der Waals surface area (Å²) in [6, 6.07) is 1.70. The molecule has 1 aliphatic carbocycles. The van der Waals surface area contributed by atoms with Crippen LogP contribution in [0.25, 0.3) is 0 Å². The zero-order valence-corrected chi connectivity index (χ0v) is 14.6. The van der Waals surface area contributed by atoms with Gasteiger partial charge in [-0.2, -0.15) is 0 Å². The highest BCUT2D eigenvalue weighted by Crippen LogP contribution is 2.43. The van der Waals surface area contributed by atoms with Gasteiger partial charge in [-0.1, -0.05) is 19.3 Å². The van der Waals surface area contributed by atoms with Crippen molar-refractivity contribution in [1.29, 1.82) is 0 Å². The highest BCUT2D eigenvalue weighted by atomic mass is 16.5. The van der Waals surface area contributed by atoms with Gasteiger partial charge in [-0.15, -0.1) is 0 Å². The van der Waals surface area contributed by atoms with Crippen molar-refractivity contribution < 1.29 is 9.53 Å². The maximum atomic E-state index is 12.5. The van der Waals surface area contributed by atoms with Crippen molar-refractivity contribution in [2.45, 2.75) is 50.2 Å². The normalized spacial score (nSPS) is 21.5. The lowest BCUT2D eigenvalue weighted by Gasteiger charge is -2.46. The lowest BCUT2D eigenvalue weighted by atomic mass is 9.86. The molecule has 1 saturated heterocycles. The zero-order chi connectivity index (χ0) is 17.6. The van der Waals surface area contributed by atoms with Crippen LogP contribution >= 0.6 is 0 Å². The Morgan fingerprint density at radius 1 is 1.12 bits per heavy atom. The van der Waals surface area contributed by atoms with Gasteiger partial charge in [0, 0.05) is 30.1 Å². The number of rotatable bonds is 2. The Morgan fingerprint density at radius 3 is 2.65 bits per heavy atom. The predicted octanol–water partition coefficient (Wildman–Crippen LogP) is 2.20. The minimum atomic E-state index is -0.454. The first-order valence-corrected chi connectivity index (χ1v) is 9.32. The molecule has 0 bridgehead atoms. The monoisotopic (exact) mass is 351 g/mol. The first-order chi connectivity index (χ1) is 12.8. The van der Waals surface area contributed by atoms with E-state index in [0.717, 1.165) is 17.1 Å². The Balaban J connectivity index is 1.33. The van der Waals surface area contributed by atoms with Crippen molar-refractivity contribution in [3.05, 3.63) is 47.6 Å². The standard InChI is InChI=1S/C19H21N5O2/c25-18(17-20-7-4-8-21-17)24-11-19(12-24)14-9-22-16(23-15(14)10-26-19)13-5-2-1-3-6-13/h4,7-9,13H,1-3,5-6,10-12H2. The topological polar surface area (TPSA) is 81.1 Å². The highest BCUT2D eigenvalue weighted by molar-refractivity contribution is 5.91. The van der Waals surface area contributed by atoms with E-state index in [1.165, 1.54) is 32.1 Å². The average Bonchev–Trinajstić information content (AvgIpc) is 3.07. The van der Waals surface area contributed by atoms with Crippen LogP contribution in [0.1, 0.15) is 65.7 Å². The summed E-state index contributed by atoms with van der Waals surface area (Å²) in [7, 11) is 0. The number of likely N-dealkylation sites (tertiary alicyclic amines) is 1. The van der Waals surface area contributed by atoms with Crippen molar-refractivity contribution in [2.24, 2.45) is 0 Å². The van der Waals surface area contributed by atoms with E-state index < -0.39 is 5.60 Å². The number of fused-ring (bicyclic) bond motifs is 2. The quantitative estimate of drug-likeness (QED) is 0.825. The van der Waals surface area contributed by atoms with Crippen LogP contribution in [0.15, 0.2) is 24.7 Å². The molecular weight excluding hydrogens is 330 g/mol. The Bertz CT molecular complexity index is 829. The number of nitrogens with zero attached hydrogens (tertiary/aromatic N) is 5. The van der Waals surface area contributed by atoms with Crippen LogP contribution < -0.4 is 0 Å². The van der Waals surface area contributed by atoms with Gasteiger partial charge in [-0.05, 0) is 18.9 Å². The van der Waals surface area contributed by atoms with Crippen molar-refractivity contribution in [3.63, 3.8) is 0 Å². The van der Waals surface area contributed by atoms with E-state index in [2.05, 4.69) is 15.0 Å². The molecule has 2 aromatic heterocycles. The maximum absolute atomic E-state index is 12.5. The third kappa shape index (κ3) is 2.49. The zero-order valence-electron chi connectivity index (χ0n) is 14.6. The summed E-state index contributed by atoms with van der Waals surface area (Å²) in [5, 5.41) is 0. The first kappa shape index (κ1) is 15.8. The molecule has 134 valence electrons. The lowest BCUT2D eigenvalue weighted by Crippen LogP contribution is -2.61. The molecule has 0 radical (unpaired) electrons. The predicted molar refractivity (Wildman–Crippen MR) is 92.3 cm³/mol. The second-order valence-electron chi connectivity index (χ2n) is 7.44. The van der Waals surface area contributed by atoms with Gasteiger partial charge >= 0.3 is 0 Å². The number of hydrogen-bond donors (Lipinski definition) is 0. The maximum Gasteiger partial charge on any atom is 0.291 e. The van der Waals surface area contributed by atoms with E-state index in [9.17, 15) is 4.79 Å². The van der Waals surface area contributed by atoms with Gasteiger partial charge in [-0.3, -0.25) is 4.79 Å². The fourth-order valence-corrected chi connectivity index (χ4v) is 4.29. The van der Waals surface area contributed by atoms with Crippen LogP contribution in [0.4, 0.5) is 0 Å². The Labute approximate surface area is 151 Å². The third-order valence-electron chi connectivity index (χ3n) is 5.77. The Kier molecular flexibility index (Phi) is 3.70. The Morgan fingerprint density at radius 2 is 1.88 bits per heavy atom. The summed E-state index contributed by atoms with van der Waals surface area (Å²) >= 11 is 0. The van der Waals surface area contributed by atoms with Crippen LogP contribution in [0.3, 0.4) is 0 Å². The molecule has 2 fully saturated rings. The van der Waals surface area contributed by atoms with Crippen molar-refractivity contribution >= 4 is 5.91 Å². The smallest absolute Gasteiger partial charge is 0.291 e. The van der Waals surface area contributed by atoms with Crippen LogP contribution in [0.2, 0.25) is 0 Å². The summed E-state index contributed by atoms with van der Waals surface area (Å²) in [6.07, 6.45) is 11.3. The number of carbonyl (C=O) groups is 1. The molecule has 0 aromatic carbocycles. The highest BCUT2D eigenvalue weighted by Gasteiger charge is 2.53. The van der Waals surface area contributed by atoms with Gasteiger partial charge in [0.05, 0.1) is 25.4 Å². The molecule has 1 spiro atoms. The van der Waals surface area contributed by atoms with Crippen molar-refractivity contribution in [1.82, 2.24) is 24.8 Å². The van der Waals surface area contributed by atoms with Crippen LogP contribution in [-0.4, -0.2) is 43.8 Å². The van der Waals surface area contributed by atoms with E-state index in [-0.39, 0.29) is 11.7 Å². The van der Waals surface area contributed by atoms with Gasteiger partial charge in [0.25, 0.3) is 5.91 Å². The largest absolute Gasteiger partial charge is 0.360 e. The fourth-order valence-electron chi connectivity index (χ4n) is 4.29. The SMILES string of the molecule is O=C(c1ncccn1)N1CC2(C1)OCc1nc(C3CCCCC3)ncc12. The molecule has 5 rings (SSSR count). The molecule has 26 heavy (non-hydrogen) atoms.